The van der Waals surface area contributed by atoms with Gasteiger partial charge in [0.1, 0.15) is 0 Å². The van der Waals surface area contributed by atoms with Gasteiger partial charge in [0.2, 0.25) is 0 Å². The summed E-state index contributed by atoms with van der Waals surface area (Å²) in [5.41, 5.74) is 0.944. The Labute approximate surface area is 144 Å². The second kappa shape index (κ2) is 6.65. The maximum Gasteiger partial charge on any atom is 0.308 e. The number of amides is 1. The average molecular weight is 349 g/mol. The summed E-state index contributed by atoms with van der Waals surface area (Å²) in [5, 5.41) is 13.7. The van der Waals surface area contributed by atoms with Crippen molar-refractivity contribution in [2.45, 2.75) is 13.3 Å². The molecular weight excluding hydrogens is 332 g/mol. The second-order valence-electron chi connectivity index (χ2n) is 6.17. The summed E-state index contributed by atoms with van der Waals surface area (Å²) in [6.07, 6.45) is 0.577. The molecule has 0 spiro atoms. The van der Waals surface area contributed by atoms with Crippen LogP contribution in [0.4, 0.5) is 0 Å². The summed E-state index contributed by atoms with van der Waals surface area (Å²) >= 11 is 5.85. The van der Waals surface area contributed by atoms with Crippen LogP contribution < -0.4 is 0 Å². The number of benzene rings is 1. The van der Waals surface area contributed by atoms with Crippen LogP contribution in [-0.4, -0.2) is 40.1 Å². The second-order valence-corrected chi connectivity index (χ2v) is 6.61. The van der Waals surface area contributed by atoms with Crippen LogP contribution in [0.2, 0.25) is 5.02 Å². The van der Waals surface area contributed by atoms with Crippen molar-refractivity contribution in [2.24, 2.45) is 11.8 Å². The monoisotopic (exact) mass is 348 g/mol. The van der Waals surface area contributed by atoms with Crippen molar-refractivity contribution in [1.82, 2.24) is 10.1 Å². The molecule has 1 aromatic heterocycles. The Kier molecular flexibility index (Phi) is 4.57. The molecule has 1 saturated heterocycles. The van der Waals surface area contributed by atoms with Crippen LogP contribution in [0.1, 0.15) is 23.8 Å². The van der Waals surface area contributed by atoms with Crippen molar-refractivity contribution in [3.05, 3.63) is 41.0 Å². The first-order valence-corrected chi connectivity index (χ1v) is 8.06. The number of carbonyl (C=O) groups is 2. The lowest BCUT2D eigenvalue weighted by molar-refractivity contribution is -0.143. The molecule has 2 aromatic rings. The molecule has 1 fully saturated rings. The van der Waals surface area contributed by atoms with Gasteiger partial charge in [0.15, 0.2) is 11.5 Å². The molecule has 2 atom stereocenters. The lowest BCUT2D eigenvalue weighted by Gasteiger charge is -2.34. The van der Waals surface area contributed by atoms with Gasteiger partial charge in [0.05, 0.1) is 5.92 Å². The molecule has 2 heterocycles. The Morgan fingerprint density at radius 2 is 2.00 bits per heavy atom. The molecule has 1 aliphatic heterocycles. The van der Waals surface area contributed by atoms with Gasteiger partial charge in [0, 0.05) is 29.7 Å². The summed E-state index contributed by atoms with van der Waals surface area (Å²) in [5.74, 6) is -1.13. The molecule has 3 rings (SSSR count). The van der Waals surface area contributed by atoms with Crippen molar-refractivity contribution >= 4 is 23.5 Å². The van der Waals surface area contributed by atoms with Gasteiger partial charge in [-0.05, 0) is 36.6 Å². The van der Waals surface area contributed by atoms with E-state index in [-0.39, 0.29) is 24.1 Å². The van der Waals surface area contributed by atoms with Crippen LogP contribution in [0.5, 0.6) is 0 Å². The van der Waals surface area contributed by atoms with Gasteiger partial charge in [0.25, 0.3) is 5.91 Å². The molecule has 24 heavy (non-hydrogen) atoms. The van der Waals surface area contributed by atoms with Gasteiger partial charge in [-0.1, -0.05) is 23.7 Å². The highest BCUT2D eigenvalue weighted by molar-refractivity contribution is 6.30. The first-order chi connectivity index (χ1) is 11.4. The fourth-order valence-electron chi connectivity index (χ4n) is 2.98. The minimum Gasteiger partial charge on any atom is -0.481 e. The number of rotatable bonds is 3. The number of piperidine rings is 1. The number of carbonyl (C=O) groups excluding carboxylic acids is 1. The highest BCUT2D eigenvalue weighted by Crippen LogP contribution is 2.26. The standard InChI is InChI=1S/C17H17ClN2O4/c1-10-6-12(17(22)23)9-20(8-10)16(21)14-7-15(24-19-14)11-2-4-13(18)5-3-11/h2-5,7,10,12H,6,8-9H2,1H3,(H,22,23). The lowest BCUT2D eigenvalue weighted by Crippen LogP contribution is -2.45. The summed E-state index contributed by atoms with van der Waals surface area (Å²) < 4.78 is 5.25. The number of likely N-dealkylation sites (tertiary alicyclic amines) is 1. The van der Waals surface area contributed by atoms with Crippen LogP contribution in [0, 0.1) is 11.8 Å². The van der Waals surface area contributed by atoms with Crippen molar-refractivity contribution in [3.63, 3.8) is 0 Å². The van der Waals surface area contributed by atoms with E-state index < -0.39 is 11.9 Å². The minimum atomic E-state index is -0.874. The van der Waals surface area contributed by atoms with E-state index in [1.165, 1.54) is 4.90 Å². The molecule has 2 unspecified atom stereocenters. The van der Waals surface area contributed by atoms with Crippen LogP contribution in [-0.2, 0) is 4.79 Å². The van der Waals surface area contributed by atoms with E-state index in [1.807, 2.05) is 6.92 Å². The third-order valence-electron chi connectivity index (χ3n) is 4.15. The number of aliphatic carboxylic acids is 1. The van der Waals surface area contributed by atoms with E-state index >= 15 is 0 Å². The van der Waals surface area contributed by atoms with Crippen LogP contribution in [0.3, 0.4) is 0 Å². The quantitative estimate of drug-likeness (QED) is 0.921. The number of halogens is 1. The zero-order chi connectivity index (χ0) is 17.3. The molecule has 1 aliphatic rings. The van der Waals surface area contributed by atoms with Gasteiger partial charge in [-0.25, -0.2) is 0 Å². The Morgan fingerprint density at radius 1 is 1.29 bits per heavy atom. The van der Waals surface area contributed by atoms with Crippen LogP contribution in [0.15, 0.2) is 34.9 Å². The van der Waals surface area contributed by atoms with Crippen molar-refractivity contribution in [1.29, 1.82) is 0 Å². The van der Waals surface area contributed by atoms with Gasteiger partial charge in [-0.3, -0.25) is 9.59 Å². The van der Waals surface area contributed by atoms with E-state index in [4.69, 9.17) is 16.1 Å². The molecule has 0 radical (unpaired) electrons. The van der Waals surface area contributed by atoms with E-state index in [0.717, 1.165) is 5.56 Å². The molecule has 7 heteroatoms. The molecule has 1 N–H and O–H groups in total. The number of carboxylic acids is 1. The number of hydrogen-bond donors (Lipinski definition) is 1. The Morgan fingerprint density at radius 3 is 2.67 bits per heavy atom. The lowest BCUT2D eigenvalue weighted by atomic mass is 9.90. The van der Waals surface area contributed by atoms with E-state index in [2.05, 4.69) is 5.16 Å². The maximum absolute atomic E-state index is 12.6. The molecule has 0 bridgehead atoms. The zero-order valence-electron chi connectivity index (χ0n) is 13.1. The van der Waals surface area contributed by atoms with Crippen LogP contribution in [0.25, 0.3) is 11.3 Å². The number of aromatic nitrogens is 1. The van der Waals surface area contributed by atoms with E-state index in [0.29, 0.717) is 23.7 Å². The third kappa shape index (κ3) is 3.43. The first-order valence-electron chi connectivity index (χ1n) is 7.68. The van der Waals surface area contributed by atoms with Gasteiger partial charge in [-0.2, -0.15) is 0 Å². The smallest absolute Gasteiger partial charge is 0.308 e. The molecule has 126 valence electrons. The third-order valence-corrected chi connectivity index (χ3v) is 4.41. The molecular formula is C17H17ClN2O4. The molecule has 0 saturated carbocycles. The maximum atomic E-state index is 12.6. The summed E-state index contributed by atoms with van der Waals surface area (Å²) in [6.45, 7) is 2.66. The fourth-order valence-corrected chi connectivity index (χ4v) is 3.11. The summed E-state index contributed by atoms with van der Waals surface area (Å²) in [7, 11) is 0. The van der Waals surface area contributed by atoms with Gasteiger partial charge >= 0.3 is 5.97 Å². The van der Waals surface area contributed by atoms with Crippen LogP contribution >= 0.6 is 11.6 Å². The Hall–Kier alpha value is -2.34. The molecule has 1 aromatic carbocycles. The topological polar surface area (TPSA) is 83.6 Å². The molecule has 6 nitrogen and oxygen atoms in total. The highest BCUT2D eigenvalue weighted by atomic mass is 35.5. The number of carboxylic acid groups (broad SMARTS) is 1. The predicted molar refractivity (Wildman–Crippen MR) is 87.8 cm³/mol. The minimum absolute atomic E-state index is 0.131. The highest BCUT2D eigenvalue weighted by Gasteiger charge is 2.33. The normalized spacial score (nSPS) is 20.8. The molecule has 1 amide bonds. The first kappa shape index (κ1) is 16.5. The SMILES string of the molecule is CC1CC(C(=O)O)CN(C(=O)c2cc(-c3ccc(Cl)cc3)on2)C1. The largest absolute Gasteiger partial charge is 0.481 e. The molecule has 0 aliphatic carbocycles. The number of hydrogen-bond acceptors (Lipinski definition) is 4. The van der Waals surface area contributed by atoms with Crippen molar-refractivity contribution in [3.8, 4) is 11.3 Å². The van der Waals surface area contributed by atoms with Gasteiger partial charge in [-0.15, -0.1) is 0 Å². The summed E-state index contributed by atoms with van der Waals surface area (Å²) in [4.78, 5) is 25.4. The predicted octanol–water partition coefficient (Wildman–Crippen LogP) is 3.18. The van der Waals surface area contributed by atoms with Crippen molar-refractivity contribution < 1.29 is 19.2 Å². The van der Waals surface area contributed by atoms with Crippen molar-refractivity contribution in [2.75, 3.05) is 13.1 Å². The van der Waals surface area contributed by atoms with E-state index in [9.17, 15) is 14.7 Å². The van der Waals surface area contributed by atoms with Gasteiger partial charge < -0.3 is 14.5 Å². The van der Waals surface area contributed by atoms with E-state index in [1.54, 1.807) is 30.3 Å². The zero-order valence-corrected chi connectivity index (χ0v) is 13.9. The fraction of sp³-hybridized carbons (Fsp3) is 0.353. The average Bonchev–Trinajstić information content (AvgIpc) is 3.04. The Balaban J connectivity index is 1.78. The Bertz CT molecular complexity index is 756. The number of nitrogens with zero attached hydrogens (tertiary/aromatic N) is 2. The summed E-state index contributed by atoms with van der Waals surface area (Å²) in [6, 6.07) is 8.58.